The first-order chi connectivity index (χ1) is 12.8. The highest BCUT2D eigenvalue weighted by molar-refractivity contribution is 5.97. The van der Waals surface area contributed by atoms with Crippen LogP contribution in [-0.4, -0.2) is 49.2 Å². The average Bonchev–Trinajstić information content (AvgIpc) is 2.62. The van der Waals surface area contributed by atoms with Crippen molar-refractivity contribution in [2.24, 2.45) is 0 Å². The molecule has 2 aromatic rings. The van der Waals surface area contributed by atoms with Crippen LogP contribution in [0.3, 0.4) is 0 Å². The van der Waals surface area contributed by atoms with E-state index in [-0.39, 0.29) is 24.9 Å². The van der Waals surface area contributed by atoms with E-state index in [1.54, 1.807) is 18.2 Å². The standard InChI is InChI=1S/C18H17F3N2O4/c1-25-12-3-4-14(15(8-12)26-2)17(24)23-9-13(10-23)27-16-7-11(5-6-22-16)18(19,20)21/h3-8,13H,9-10H2,1-2H3. The molecule has 3 rings (SSSR count). The number of amides is 1. The molecule has 2 heterocycles. The Balaban J connectivity index is 1.62. The number of carbonyl (C=O) groups excluding carboxylic acids is 1. The Morgan fingerprint density at radius 3 is 2.52 bits per heavy atom. The molecule has 0 saturated carbocycles. The maximum atomic E-state index is 12.7. The number of ether oxygens (including phenoxy) is 3. The molecular weight excluding hydrogens is 365 g/mol. The summed E-state index contributed by atoms with van der Waals surface area (Å²) < 4.78 is 53.9. The summed E-state index contributed by atoms with van der Waals surface area (Å²) in [7, 11) is 2.96. The molecule has 0 atom stereocenters. The molecule has 1 aromatic carbocycles. The number of hydrogen-bond donors (Lipinski definition) is 0. The molecule has 0 spiro atoms. The largest absolute Gasteiger partial charge is 0.497 e. The summed E-state index contributed by atoms with van der Waals surface area (Å²) >= 11 is 0. The second kappa shape index (κ2) is 7.34. The van der Waals surface area contributed by atoms with Gasteiger partial charge in [0.25, 0.3) is 5.91 Å². The van der Waals surface area contributed by atoms with Crippen LogP contribution in [0.4, 0.5) is 13.2 Å². The van der Waals surface area contributed by atoms with Gasteiger partial charge in [-0.2, -0.15) is 13.2 Å². The molecule has 0 N–H and O–H groups in total. The van der Waals surface area contributed by atoms with Gasteiger partial charge < -0.3 is 19.1 Å². The van der Waals surface area contributed by atoms with E-state index in [1.807, 2.05) is 0 Å². The number of pyridine rings is 1. The smallest absolute Gasteiger partial charge is 0.416 e. The highest BCUT2D eigenvalue weighted by Crippen LogP contribution is 2.31. The number of carbonyl (C=O) groups is 1. The predicted octanol–water partition coefficient (Wildman–Crippen LogP) is 3.02. The van der Waals surface area contributed by atoms with Crippen LogP contribution in [0.25, 0.3) is 0 Å². The second-order valence-electron chi connectivity index (χ2n) is 5.90. The zero-order chi connectivity index (χ0) is 19.6. The summed E-state index contributed by atoms with van der Waals surface area (Å²) in [5.41, 5.74) is -0.461. The first-order valence-corrected chi connectivity index (χ1v) is 8.03. The molecule has 27 heavy (non-hydrogen) atoms. The minimum Gasteiger partial charge on any atom is -0.497 e. The number of hydrogen-bond acceptors (Lipinski definition) is 5. The number of likely N-dealkylation sites (tertiary alicyclic amines) is 1. The second-order valence-corrected chi connectivity index (χ2v) is 5.90. The van der Waals surface area contributed by atoms with Crippen molar-refractivity contribution in [2.45, 2.75) is 12.3 Å². The minimum atomic E-state index is -4.46. The van der Waals surface area contributed by atoms with Crippen LogP contribution in [0.2, 0.25) is 0 Å². The lowest BCUT2D eigenvalue weighted by Crippen LogP contribution is -2.56. The van der Waals surface area contributed by atoms with Crippen molar-refractivity contribution in [3.8, 4) is 17.4 Å². The third-order valence-corrected chi connectivity index (χ3v) is 4.12. The van der Waals surface area contributed by atoms with Crippen molar-refractivity contribution >= 4 is 5.91 Å². The summed E-state index contributed by atoms with van der Waals surface area (Å²) in [4.78, 5) is 17.9. The van der Waals surface area contributed by atoms with Crippen LogP contribution < -0.4 is 14.2 Å². The third-order valence-electron chi connectivity index (χ3n) is 4.12. The molecule has 0 unspecified atom stereocenters. The zero-order valence-corrected chi connectivity index (χ0v) is 14.6. The molecular formula is C18H17F3N2O4. The van der Waals surface area contributed by atoms with Crippen LogP contribution in [0.1, 0.15) is 15.9 Å². The van der Waals surface area contributed by atoms with Crippen LogP contribution in [0.5, 0.6) is 17.4 Å². The number of alkyl halides is 3. The number of benzene rings is 1. The van der Waals surface area contributed by atoms with Gasteiger partial charge in [0.2, 0.25) is 5.88 Å². The van der Waals surface area contributed by atoms with Crippen LogP contribution >= 0.6 is 0 Å². The Labute approximate surface area is 153 Å². The number of nitrogens with zero attached hydrogens (tertiary/aromatic N) is 2. The van der Waals surface area contributed by atoms with E-state index in [1.165, 1.54) is 19.1 Å². The van der Waals surface area contributed by atoms with Gasteiger partial charge in [-0.3, -0.25) is 4.79 Å². The van der Waals surface area contributed by atoms with E-state index in [0.29, 0.717) is 17.1 Å². The Hall–Kier alpha value is -2.97. The van der Waals surface area contributed by atoms with Gasteiger partial charge in [-0.25, -0.2) is 4.98 Å². The fraction of sp³-hybridized carbons (Fsp3) is 0.333. The Bertz CT molecular complexity index is 836. The van der Waals surface area contributed by atoms with E-state index < -0.39 is 17.8 Å². The molecule has 0 bridgehead atoms. The molecule has 1 saturated heterocycles. The van der Waals surface area contributed by atoms with Crippen molar-refractivity contribution in [3.05, 3.63) is 47.7 Å². The van der Waals surface area contributed by atoms with Gasteiger partial charge in [0, 0.05) is 18.3 Å². The monoisotopic (exact) mass is 382 g/mol. The number of aromatic nitrogens is 1. The van der Waals surface area contributed by atoms with Gasteiger partial charge in [-0.15, -0.1) is 0 Å². The third kappa shape index (κ3) is 4.07. The van der Waals surface area contributed by atoms with E-state index >= 15 is 0 Å². The van der Waals surface area contributed by atoms with E-state index in [0.717, 1.165) is 18.3 Å². The van der Waals surface area contributed by atoms with Crippen LogP contribution in [0.15, 0.2) is 36.5 Å². The van der Waals surface area contributed by atoms with E-state index in [2.05, 4.69) is 4.98 Å². The zero-order valence-electron chi connectivity index (χ0n) is 14.6. The van der Waals surface area contributed by atoms with Crippen LogP contribution in [0, 0.1) is 0 Å². The van der Waals surface area contributed by atoms with Gasteiger partial charge in [0.1, 0.15) is 17.6 Å². The van der Waals surface area contributed by atoms with E-state index in [4.69, 9.17) is 14.2 Å². The lowest BCUT2D eigenvalue weighted by atomic mass is 10.1. The minimum absolute atomic E-state index is 0.121. The maximum Gasteiger partial charge on any atom is 0.416 e. The Kier molecular flexibility index (Phi) is 5.11. The molecule has 1 aliphatic rings. The summed E-state index contributed by atoms with van der Waals surface area (Å²) in [5, 5.41) is 0. The van der Waals surface area contributed by atoms with Crippen LogP contribution in [-0.2, 0) is 6.18 Å². The SMILES string of the molecule is COc1ccc(C(=O)N2CC(Oc3cc(C(F)(F)F)ccn3)C2)c(OC)c1. The summed E-state index contributed by atoms with van der Waals surface area (Å²) in [6, 6.07) is 6.57. The molecule has 6 nitrogen and oxygen atoms in total. The lowest BCUT2D eigenvalue weighted by Gasteiger charge is -2.38. The number of rotatable bonds is 5. The van der Waals surface area contributed by atoms with Gasteiger partial charge in [0.15, 0.2) is 0 Å². The van der Waals surface area contributed by atoms with Crippen molar-refractivity contribution in [2.75, 3.05) is 27.3 Å². The quantitative estimate of drug-likeness (QED) is 0.796. The van der Waals surface area contributed by atoms with Crippen molar-refractivity contribution < 1.29 is 32.2 Å². The highest BCUT2D eigenvalue weighted by Gasteiger charge is 2.35. The van der Waals surface area contributed by atoms with Gasteiger partial charge in [-0.05, 0) is 18.2 Å². The number of methoxy groups -OCH3 is 2. The lowest BCUT2D eigenvalue weighted by molar-refractivity contribution is -0.137. The summed E-state index contributed by atoms with van der Waals surface area (Å²) in [6.07, 6.45) is -3.84. The molecule has 144 valence electrons. The van der Waals surface area contributed by atoms with E-state index in [9.17, 15) is 18.0 Å². The first-order valence-electron chi connectivity index (χ1n) is 8.03. The van der Waals surface area contributed by atoms with Gasteiger partial charge in [-0.1, -0.05) is 0 Å². The fourth-order valence-corrected chi connectivity index (χ4v) is 2.65. The molecule has 0 aliphatic carbocycles. The van der Waals surface area contributed by atoms with Crippen molar-refractivity contribution in [3.63, 3.8) is 0 Å². The maximum absolute atomic E-state index is 12.7. The topological polar surface area (TPSA) is 60.9 Å². The summed E-state index contributed by atoms with van der Waals surface area (Å²) in [6.45, 7) is 0.484. The fourth-order valence-electron chi connectivity index (χ4n) is 2.65. The van der Waals surface area contributed by atoms with Crippen molar-refractivity contribution in [1.29, 1.82) is 0 Å². The van der Waals surface area contributed by atoms with Gasteiger partial charge in [0.05, 0.1) is 38.4 Å². The average molecular weight is 382 g/mol. The normalized spacial score (nSPS) is 14.5. The molecule has 9 heteroatoms. The van der Waals surface area contributed by atoms with Crippen molar-refractivity contribution in [1.82, 2.24) is 9.88 Å². The summed E-state index contributed by atoms with van der Waals surface area (Å²) in [5.74, 6) is 0.558. The molecule has 0 radical (unpaired) electrons. The first kappa shape index (κ1) is 18.8. The highest BCUT2D eigenvalue weighted by atomic mass is 19.4. The molecule has 1 amide bonds. The Morgan fingerprint density at radius 1 is 1.15 bits per heavy atom. The van der Waals surface area contributed by atoms with Gasteiger partial charge >= 0.3 is 6.18 Å². The predicted molar refractivity (Wildman–Crippen MR) is 89.1 cm³/mol. The molecule has 1 aliphatic heterocycles. The molecule has 1 aromatic heterocycles. The molecule has 1 fully saturated rings. The Morgan fingerprint density at radius 2 is 1.89 bits per heavy atom. The number of halogens is 3.